The van der Waals surface area contributed by atoms with Crippen molar-refractivity contribution in [1.82, 2.24) is 10.2 Å². The zero-order valence-corrected chi connectivity index (χ0v) is 9.19. The number of carbonyl (C=O) groups excluding carboxylic acids is 1. The van der Waals surface area contributed by atoms with Crippen molar-refractivity contribution in [2.75, 3.05) is 20.1 Å². The largest absolute Gasteiger partial charge is 0.481 e. The molecule has 0 saturated carbocycles. The van der Waals surface area contributed by atoms with Gasteiger partial charge in [-0.15, -0.1) is 0 Å². The summed E-state index contributed by atoms with van der Waals surface area (Å²) in [5.41, 5.74) is 0. The van der Waals surface area contributed by atoms with Crippen molar-refractivity contribution in [3.8, 4) is 0 Å². The number of hydrogen-bond acceptors (Lipinski definition) is 3. The van der Waals surface area contributed by atoms with E-state index >= 15 is 0 Å². The summed E-state index contributed by atoms with van der Waals surface area (Å²) in [6.45, 7) is 3.08. The molecule has 0 aromatic heterocycles. The van der Waals surface area contributed by atoms with Gasteiger partial charge in [-0.1, -0.05) is 0 Å². The molecule has 1 amide bonds. The zero-order chi connectivity index (χ0) is 11.4. The minimum Gasteiger partial charge on any atom is -0.481 e. The van der Waals surface area contributed by atoms with E-state index in [1.165, 1.54) is 6.92 Å². The Morgan fingerprint density at radius 2 is 2.13 bits per heavy atom. The molecule has 5 heteroatoms. The lowest BCUT2D eigenvalue weighted by molar-refractivity contribution is -0.138. The van der Waals surface area contributed by atoms with Crippen LogP contribution < -0.4 is 5.32 Å². The smallest absolute Gasteiger partial charge is 0.303 e. The normalized spacial score (nSPS) is 27.3. The van der Waals surface area contributed by atoms with Crippen molar-refractivity contribution in [2.45, 2.75) is 25.8 Å². The third-order valence-corrected chi connectivity index (χ3v) is 2.59. The van der Waals surface area contributed by atoms with E-state index in [0.717, 1.165) is 19.5 Å². The Bertz CT molecular complexity index is 231. The second-order valence-electron chi connectivity index (χ2n) is 4.32. The molecule has 2 N–H and O–H groups in total. The molecule has 1 rings (SSSR count). The summed E-state index contributed by atoms with van der Waals surface area (Å²) in [5.74, 6) is -0.681. The Morgan fingerprint density at radius 1 is 1.47 bits per heavy atom. The first-order valence-corrected chi connectivity index (χ1v) is 5.14. The fourth-order valence-corrected chi connectivity index (χ4v) is 2.23. The van der Waals surface area contributed by atoms with E-state index in [-0.39, 0.29) is 24.3 Å². The molecular formula is C10H18N2O3. The quantitative estimate of drug-likeness (QED) is 0.689. The van der Waals surface area contributed by atoms with Crippen LogP contribution in [0.25, 0.3) is 0 Å². The van der Waals surface area contributed by atoms with Crippen molar-refractivity contribution in [2.24, 2.45) is 5.92 Å². The minimum atomic E-state index is -0.767. The van der Waals surface area contributed by atoms with Crippen LogP contribution in [0.3, 0.4) is 0 Å². The average molecular weight is 214 g/mol. The highest BCUT2D eigenvalue weighted by atomic mass is 16.4. The number of carboxylic acids is 1. The number of nitrogens with one attached hydrogen (secondary N) is 1. The second-order valence-corrected chi connectivity index (χ2v) is 4.32. The fourth-order valence-electron chi connectivity index (χ4n) is 2.23. The third-order valence-electron chi connectivity index (χ3n) is 2.59. The van der Waals surface area contributed by atoms with E-state index in [4.69, 9.17) is 5.11 Å². The molecule has 1 fully saturated rings. The van der Waals surface area contributed by atoms with Gasteiger partial charge in [0.15, 0.2) is 0 Å². The summed E-state index contributed by atoms with van der Waals surface area (Å²) in [6.07, 6.45) is 0.941. The van der Waals surface area contributed by atoms with Gasteiger partial charge in [-0.25, -0.2) is 0 Å². The summed E-state index contributed by atoms with van der Waals surface area (Å²) in [4.78, 5) is 23.6. The first-order chi connectivity index (χ1) is 6.97. The maximum Gasteiger partial charge on any atom is 0.303 e. The summed E-state index contributed by atoms with van der Waals surface area (Å²) < 4.78 is 0. The molecule has 1 aliphatic rings. The molecule has 0 aromatic carbocycles. The molecule has 5 nitrogen and oxygen atoms in total. The molecule has 15 heavy (non-hydrogen) atoms. The lowest BCUT2D eigenvalue weighted by Gasteiger charge is -2.35. The lowest BCUT2D eigenvalue weighted by Crippen LogP contribution is -2.49. The highest BCUT2D eigenvalue weighted by molar-refractivity contribution is 5.73. The molecule has 0 bridgehead atoms. The van der Waals surface area contributed by atoms with Crippen LogP contribution in [0.4, 0.5) is 0 Å². The van der Waals surface area contributed by atoms with Gasteiger partial charge in [0.1, 0.15) is 0 Å². The minimum absolute atomic E-state index is 0.0515. The van der Waals surface area contributed by atoms with Gasteiger partial charge in [0.2, 0.25) is 5.91 Å². The van der Waals surface area contributed by atoms with Crippen molar-refractivity contribution in [3.63, 3.8) is 0 Å². The van der Waals surface area contributed by atoms with Crippen LogP contribution in [-0.2, 0) is 9.59 Å². The Kier molecular flexibility index (Phi) is 4.08. The van der Waals surface area contributed by atoms with E-state index in [9.17, 15) is 9.59 Å². The fraction of sp³-hybridized carbons (Fsp3) is 0.800. The molecule has 1 saturated heterocycles. The third kappa shape index (κ3) is 4.29. The number of carbonyl (C=O) groups is 2. The molecule has 0 radical (unpaired) electrons. The van der Waals surface area contributed by atoms with Crippen LogP contribution in [0.5, 0.6) is 0 Å². The van der Waals surface area contributed by atoms with Crippen LogP contribution in [0, 0.1) is 5.92 Å². The number of amides is 1. The molecular weight excluding hydrogens is 196 g/mol. The van der Waals surface area contributed by atoms with E-state index in [2.05, 4.69) is 10.2 Å². The van der Waals surface area contributed by atoms with E-state index in [0.29, 0.717) is 0 Å². The maximum absolute atomic E-state index is 10.9. The van der Waals surface area contributed by atoms with Crippen LogP contribution in [-0.4, -0.2) is 48.1 Å². The molecule has 2 atom stereocenters. The van der Waals surface area contributed by atoms with Gasteiger partial charge < -0.3 is 15.3 Å². The number of rotatable bonds is 3. The number of nitrogens with zero attached hydrogens (tertiary/aromatic N) is 1. The summed E-state index contributed by atoms with van der Waals surface area (Å²) in [5, 5.41) is 11.6. The van der Waals surface area contributed by atoms with Crippen LogP contribution in [0.1, 0.15) is 19.8 Å². The van der Waals surface area contributed by atoms with Gasteiger partial charge in [-0.05, 0) is 19.4 Å². The standard InChI is InChI=1S/C10H18N2O3/c1-7(13)11-9-3-8(4-10(14)15)5-12(2)6-9/h8-9H,3-6H2,1-2H3,(H,11,13)(H,14,15). The molecule has 0 spiro atoms. The molecule has 0 aromatic rings. The Balaban J connectivity index is 2.47. The first kappa shape index (κ1) is 12.0. The monoisotopic (exact) mass is 214 g/mol. The number of hydrogen-bond donors (Lipinski definition) is 2. The SMILES string of the molecule is CC(=O)NC1CC(CC(=O)O)CN(C)C1. The highest BCUT2D eigenvalue weighted by Crippen LogP contribution is 2.18. The van der Waals surface area contributed by atoms with Gasteiger partial charge in [0.05, 0.1) is 0 Å². The van der Waals surface area contributed by atoms with Crippen LogP contribution in [0.2, 0.25) is 0 Å². The van der Waals surface area contributed by atoms with Crippen LogP contribution >= 0.6 is 0 Å². The van der Waals surface area contributed by atoms with E-state index < -0.39 is 5.97 Å². The number of likely N-dealkylation sites (tertiary alicyclic amines) is 1. The van der Waals surface area contributed by atoms with Gasteiger partial charge in [-0.3, -0.25) is 9.59 Å². The van der Waals surface area contributed by atoms with E-state index in [1.54, 1.807) is 0 Å². The van der Waals surface area contributed by atoms with Gasteiger partial charge in [0, 0.05) is 32.5 Å². The molecule has 1 heterocycles. The van der Waals surface area contributed by atoms with Crippen molar-refractivity contribution in [3.05, 3.63) is 0 Å². The van der Waals surface area contributed by atoms with Crippen LogP contribution in [0.15, 0.2) is 0 Å². The predicted molar refractivity (Wildman–Crippen MR) is 55.5 cm³/mol. The van der Waals surface area contributed by atoms with Crippen molar-refractivity contribution >= 4 is 11.9 Å². The van der Waals surface area contributed by atoms with Gasteiger partial charge in [-0.2, -0.15) is 0 Å². The summed E-state index contributed by atoms with van der Waals surface area (Å²) >= 11 is 0. The summed E-state index contributed by atoms with van der Waals surface area (Å²) in [7, 11) is 1.95. The Labute approximate surface area is 89.4 Å². The highest BCUT2D eigenvalue weighted by Gasteiger charge is 2.27. The second kappa shape index (κ2) is 5.11. The molecule has 2 unspecified atom stereocenters. The molecule has 0 aliphatic carbocycles. The average Bonchev–Trinajstić information content (AvgIpc) is 1.98. The number of likely N-dealkylation sites (N-methyl/N-ethyl adjacent to an activating group) is 1. The Hall–Kier alpha value is -1.10. The van der Waals surface area contributed by atoms with E-state index in [1.807, 2.05) is 7.05 Å². The van der Waals surface area contributed by atoms with Crippen molar-refractivity contribution in [1.29, 1.82) is 0 Å². The molecule has 1 aliphatic heterocycles. The molecule has 86 valence electrons. The maximum atomic E-state index is 10.9. The Morgan fingerprint density at radius 3 is 2.67 bits per heavy atom. The van der Waals surface area contributed by atoms with Crippen molar-refractivity contribution < 1.29 is 14.7 Å². The van der Waals surface area contributed by atoms with Gasteiger partial charge in [0.25, 0.3) is 0 Å². The number of aliphatic carboxylic acids is 1. The lowest BCUT2D eigenvalue weighted by atomic mass is 9.92. The number of piperidine rings is 1. The predicted octanol–water partition coefficient (Wildman–Crippen LogP) is -0.0825. The number of carboxylic acid groups (broad SMARTS) is 1. The summed E-state index contributed by atoms with van der Waals surface area (Å²) in [6, 6.07) is 0.0885. The van der Waals surface area contributed by atoms with Gasteiger partial charge >= 0.3 is 5.97 Å². The zero-order valence-electron chi connectivity index (χ0n) is 9.19. The first-order valence-electron chi connectivity index (χ1n) is 5.14. The topological polar surface area (TPSA) is 69.6 Å².